The molecule has 0 aromatic carbocycles. The van der Waals surface area contributed by atoms with Gasteiger partial charge in [0.1, 0.15) is 9.84 Å². The zero-order valence-corrected chi connectivity index (χ0v) is 11.1. The molecule has 1 aliphatic rings. The number of nitrogens with one attached hydrogen (secondary N) is 2. The van der Waals surface area contributed by atoms with Crippen LogP contribution in [0.15, 0.2) is 0 Å². The summed E-state index contributed by atoms with van der Waals surface area (Å²) in [7, 11) is -3.11. The van der Waals surface area contributed by atoms with Crippen molar-refractivity contribution >= 4 is 21.7 Å². The molecule has 2 atom stereocenters. The summed E-state index contributed by atoms with van der Waals surface area (Å²) in [4.78, 5) is 22.5. The Morgan fingerprint density at radius 3 is 2.78 bits per heavy atom. The molecule has 1 fully saturated rings. The summed E-state index contributed by atoms with van der Waals surface area (Å²) in [6, 6.07) is -0.889. The highest BCUT2D eigenvalue weighted by atomic mass is 32.2. The number of hydrogen-bond acceptors (Lipinski definition) is 5. The van der Waals surface area contributed by atoms with Gasteiger partial charge < -0.3 is 16.4 Å². The van der Waals surface area contributed by atoms with Gasteiger partial charge in [-0.1, -0.05) is 0 Å². The average Bonchev–Trinajstić information content (AvgIpc) is 2.67. The first kappa shape index (κ1) is 14.9. The Morgan fingerprint density at radius 2 is 2.28 bits per heavy atom. The predicted octanol–water partition coefficient (Wildman–Crippen LogP) is -1.86. The molecular weight excluding hydrogens is 258 g/mol. The van der Waals surface area contributed by atoms with Crippen molar-refractivity contribution in [3.63, 3.8) is 0 Å². The van der Waals surface area contributed by atoms with Crippen molar-refractivity contribution in [1.29, 1.82) is 0 Å². The van der Waals surface area contributed by atoms with E-state index >= 15 is 0 Å². The number of sulfone groups is 1. The van der Waals surface area contributed by atoms with Crippen molar-refractivity contribution in [3.8, 4) is 0 Å². The number of carbonyl (C=O) groups is 2. The van der Waals surface area contributed by atoms with E-state index in [0.717, 1.165) is 6.26 Å². The van der Waals surface area contributed by atoms with Gasteiger partial charge in [-0.25, -0.2) is 8.42 Å². The number of nitrogens with two attached hydrogens (primary N) is 1. The number of rotatable bonds is 6. The van der Waals surface area contributed by atoms with Crippen molar-refractivity contribution in [2.75, 3.05) is 18.6 Å². The zero-order valence-electron chi connectivity index (χ0n) is 10.3. The molecule has 0 aromatic heterocycles. The molecule has 2 amide bonds. The van der Waals surface area contributed by atoms with Gasteiger partial charge in [-0.3, -0.25) is 9.59 Å². The van der Waals surface area contributed by atoms with Gasteiger partial charge in [-0.2, -0.15) is 0 Å². The SMILES string of the molecule is CS(=O)(=O)CCC(N)C(=O)NCC1CCC(=O)N1. The van der Waals surface area contributed by atoms with E-state index in [-0.39, 0.29) is 30.0 Å². The molecule has 7 nitrogen and oxygen atoms in total. The van der Waals surface area contributed by atoms with Crippen molar-refractivity contribution < 1.29 is 18.0 Å². The van der Waals surface area contributed by atoms with Gasteiger partial charge in [-0.05, 0) is 12.8 Å². The molecule has 0 bridgehead atoms. The highest BCUT2D eigenvalue weighted by Gasteiger charge is 2.22. The third kappa shape index (κ3) is 5.46. The smallest absolute Gasteiger partial charge is 0.237 e. The molecule has 0 saturated carbocycles. The molecule has 1 aliphatic heterocycles. The fourth-order valence-corrected chi connectivity index (χ4v) is 2.34. The maximum Gasteiger partial charge on any atom is 0.237 e. The summed E-state index contributed by atoms with van der Waals surface area (Å²) >= 11 is 0. The Labute approximate surface area is 106 Å². The lowest BCUT2D eigenvalue weighted by molar-refractivity contribution is -0.123. The highest BCUT2D eigenvalue weighted by molar-refractivity contribution is 7.90. The Kier molecular flexibility index (Phi) is 5.09. The van der Waals surface area contributed by atoms with Gasteiger partial charge in [0, 0.05) is 25.3 Å². The summed E-state index contributed by atoms with van der Waals surface area (Å²) < 4.78 is 21.9. The van der Waals surface area contributed by atoms with E-state index in [1.165, 1.54) is 0 Å². The standard InChI is InChI=1S/C10H19N3O4S/c1-18(16,17)5-4-8(11)10(15)12-6-7-2-3-9(14)13-7/h7-8H,2-6,11H2,1H3,(H,12,15)(H,13,14). The van der Waals surface area contributed by atoms with Gasteiger partial charge in [-0.15, -0.1) is 0 Å². The maximum atomic E-state index is 11.6. The summed E-state index contributed by atoms with van der Waals surface area (Å²) in [5.41, 5.74) is 5.57. The van der Waals surface area contributed by atoms with Crippen LogP contribution in [-0.4, -0.2) is 50.9 Å². The van der Waals surface area contributed by atoms with Gasteiger partial charge in [0.15, 0.2) is 0 Å². The third-order valence-electron chi connectivity index (χ3n) is 2.74. The molecule has 0 aromatic rings. The maximum absolute atomic E-state index is 11.6. The molecule has 1 rings (SSSR count). The lowest BCUT2D eigenvalue weighted by atomic mass is 10.2. The normalized spacial score (nSPS) is 21.4. The molecule has 1 heterocycles. The fourth-order valence-electron chi connectivity index (χ4n) is 1.66. The summed E-state index contributed by atoms with van der Waals surface area (Å²) in [6.07, 6.45) is 2.37. The highest BCUT2D eigenvalue weighted by Crippen LogP contribution is 2.05. The molecule has 4 N–H and O–H groups in total. The Morgan fingerprint density at radius 1 is 1.61 bits per heavy atom. The van der Waals surface area contributed by atoms with Crippen molar-refractivity contribution in [1.82, 2.24) is 10.6 Å². The fraction of sp³-hybridized carbons (Fsp3) is 0.800. The minimum atomic E-state index is -3.11. The van der Waals surface area contributed by atoms with Crippen LogP contribution in [0.5, 0.6) is 0 Å². The molecule has 104 valence electrons. The molecule has 0 radical (unpaired) electrons. The van der Waals surface area contributed by atoms with E-state index in [1.807, 2.05) is 0 Å². The minimum Gasteiger partial charge on any atom is -0.353 e. The number of carbonyl (C=O) groups excluding carboxylic acids is 2. The van der Waals surface area contributed by atoms with Crippen LogP contribution >= 0.6 is 0 Å². The van der Waals surface area contributed by atoms with Gasteiger partial charge in [0.05, 0.1) is 11.8 Å². The molecule has 2 unspecified atom stereocenters. The van der Waals surface area contributed by atoms with Crippen molar-refractivity contribution in [3.05, 3.63) is 0 Å². The molecule has 18 heavy (non-hydrogen) atoms. The number of hydrogen-bond donors (Lipinski definition) is 3. The second-order valence-electron chi connectivity index (χ2n) is 4.57. The number of amides is 2. The van der Waals surface area contributed by atoms with E-state index in [4.69, 9.17) is 5.73 Å². The first-order valence-electron chi connectivity index (χ1n) is 5.78. The Balaban J connectivity index is 2.25. The van der Waals surface area contributed by atoms with Crippen molar-refractivity contribution in [2.45, 2.75) is 31.3 Å². The van der Waals surface area contributed by atoms with Gasteiger partial charge in [0.2, 0.25) is 11.8 Å². The van der Waals surface area contributed by atoms with Gasteiger partial charge in [0.25, 0.3) is 0 Å². The largest absolute Gasteiger partial charge is 0.353 e. The van der Waals surface area contributed by atoms with Crippen LogP contribution in [-0.2, 0) is 19.4 Å². The van der Waals surface area contributed by atoms with E-state index < -0.39 is 15.9 Å². The summed E-state index contributed by atoms with van der Waals surface area (Å²) in [6.45, 7) is 0.331. The molecule has 0 aliphatic carbocycles. The van der Waals surface area contributed by atoms with E-state index in [2.05, 4.69) is 10.6 Å². The lowest BCUT2D eigenvalue weighted by Gasteiger charge is -2.14. The summed E-state index contributed by atoms with van der Waals surface area (Å²) in [5.74, 6) is -0.516. The average molecular weight is 277 g/mol. The van der Waals surface area contributed by atoms with Crippen LogP contribution in [0.25, 0.3) is 0 Å². The molecule has 8 heteroatoms. The molecule has 0 spiro atoms. The lowest BCUT2D eigenvalue weighted by Crippen LogP contribution is -2.46. The second kappa shape index (κ2) is 6.14. The quantitative estimate of drug-likeness (QED) is 0.526. The Hall–Kier alpha value is -1.15. The first-order valence-corrected chi connectivity index (χ1v) is 7.84. The van der Waals surface area contributed by atoms with Crippen LogP contribution in [0.1, 0.15) is 19.3 Å². The third-order valence-corrected chi connectivity index (χ3v) is 3.72. The predicted molar refractivity (Wildman–Crippen MR) is 66.5 cm³/mol. The van der Waals surface area contributed by atoms with Crippen LogP contribution in [0.3, 0.4) is 0 Å². The van der Waals surface area contributed by atoms with E-state index in [0.29, 0.717) is 19.4 Å². The van der Waals surface area contributed by atoms with Crippen LogP contribution in [0.4, 0.5) is 0 Å². The second-order valence-corrected chi connectivity index (χ2v) is 6.83. The van der Waals surface area contributed by atoms with Gasteiger partial charge >= 0.3 is 0 Å². The zero-order chi connectivity index (χ0) is 13.8. The van der Waals surface area contributed by atoms with E-state index in [9.17, 15) is 18.0 Å². The van der Waals surface area contributed by atoms with Crippen LogP contribution in [0.2, 0.25) is 0 Å². The van der Waals surface area contributed by atoms with Crippen LogP contribution in [0, 0.1) is 0 Å². The molecular formula is C10H19N3O4S. The van der Waals surface area contributed by atoms with Crippen molar-refractivity contribution in [2.24, 2.45) is 5.73 Å². The summed E-state index contributed by atoms with van der Waals surface area (Å²) in [5, 5.41) is 5.32. The van der Waals surface area contributed by atoms with E-state index in [1.54, 1.807) is 0 Å². The molecule has 1 saturated heterocycles. The minimum absolute atomic E-state index is 0.0179. The Bertz CT molecular complexity index is 421. The van der Waals surface area contributed by atoms with Crippen LogP contribution < -0.4 is 16.4 Å². The monoisotopic (exact) mass is 277 g/mol. The topological polar surface area (TPSA) is 118 Å². The first-order chi connectivity index (χ1) is 8.28.